The highest BCUT2D eigenvalue weighted by atomic mass is 19.1. The molecule has 4 N–H and O–H groups in total. The molecule has 0 radical (unpaired) electrons. The highest BCUT2D eigenvalue weighted by molar-refractivity contribution is 6.06. The minimum Gasteiger partial charge on any atom is -0.382 e. The van der Waals surface area contributed by atoms with Gasteiger partial charge in [0.2, 0.25) is 11.8 Å². The number of hydrogen-bond acceptors (Lipinski definition) is 4. The Labute approximate surface area is 228 Å². The largest absolute Gasteiger partial charge is 0.382 e. The van der Waals surface area contributed by atoms with Crippen LogP contribution in [0.5, 0.6) is 0 Å². The second-order valence-electron chi connectivity index (χ2n) is 11.9. The Morgan fingerprint density at radius 3 is 2.46 bits per heavy atom. The molecule has 0 saturated heterocycles. The second-order valence-corrected chi connectivity index (χ2v) is 11.9. The SMILES string of the molecule is CCCC(=O)NC1CCC(Nc2cc(-c3c4n(c5cc(F)ccc35)C(=O)CC(C)(C)C4)ccc2C(N)=O)CC1. The Bertz CT molecular complexity index is 1450. The first-order chi connectivity index (χ1) is 18.6. The van der Waals surface area contributed by atoms with Crippen LogP contribution in [0.25, 0.3) is 22.0 Å². The lowest BCUT2D eigenvalue weighted by molar-refractivity contribution is -0.122. The third kappa shape index (κ3) is 5.42. The van der Waals surface area contributed by atoms with E-state index >= 15 is 0 Å². The number of carbonyl (C=O) groups is 3. The van der Waals surface area contributed by atoms with E-state index in [-0.39, 0.29) is 35.1 Å². The lowest BCUT2D eigenvalue weighted by Gasteiger charge is -2.31. The van der Waals surface area contributed by atoms with Gasteiger partial charge in [-0.3, -0.25) is 19.0 Å². The lowest BCUT2D eigenvalue weighted by Crippen LogP contribution is -2.40. The smallest absolute Gasteiger partial charge is 0.250 e. The number of primary amides is 1. The molecular weight excluding hydrogens is 495 g/mol. The first-order valence-electron chi connectivity index (χ1n) is 13.9. The van der Waals surface area contributed by atoms with E-state index in [0.717, 1.165) is 54.3 Å². The number of benzene rings is 2. The van der Waals surface area contributed by atoms with Gasteiger partial charge in [-0.1, -0.05) is 26.8 Å². The van der Waals surface area contributed by atoms with Crippen molar-refractivity contribution in [3.63, 3.8) is 0 Å². The van der Waals surface area contributed by atoms with Gasteiger partial charge < -0.3 is 16.4 Å². The zero-order chi connectivity index (χ0) is 27.9. The first-order valence-corrected chi connectivity index (χ1v) is 13.9. The number of nitrogens with one attached hydrogen (secondary N) is 2. The molecular formula is C31H37FN4O3. The van der Waals surface area contributed by atoms with Crippen LogP contribution in [0.1, 0.15) is 86.6 Å². The molecule has 2 heterocycles. The molecule has 0 unspecified atom stereocenters. The van der Waals surface area contributed by atoms with Crippen molar-refractivity contribution in [3.05, 3.63) is 53.5 Å². The van der Waals surface area contributed by atoms with E-state index in [4.69, 9.17) is 5.73 Å². The molecule has 0 atom stereocenters. The van der Waals surface area contributed by atoms with Crippen molar-refractivity contribution in [2.45, 2.75) is 84.2 Å². The van der Waals surface area contributed by atoms with Crippen LogP contribution in [0.15, 0.2) is 36.4 Å². The molecule has 39 heavy (non-hydrogen) atoms. The molecule has 7 nitrogen and oxygen atoms in total. The molecule has 2 aliphatic rings. The zero-order valence-corrected chi connectivity index (χ0v) is 22.9. The Kier molecular flexibility index (Phi) is 7.23. The van der Waals surface area contributed by atoms with Crippen LogP contribution in [-0.4, -0.2) is 34.4 Å². The summed E-state index contributed by atoms with van der Waals surface area (Å²) in [6.07, 6.45) is 5.85. The van der Waals surface area contributed by atoms with E-state index in [1.54, 1.807) is 16.7 Å². The summed E-state index contributed by atoms with van der Waals surface area (Å²) in [5.41, 5.74) is 9.72. The average molecular weight is 533 g/mol. The molecule has 2 amide bonds. The van der Waals surface area contributed by atoms with E-state index in [2.05, 4.69) is 24.5 Å². The van der Waals surface area contributed by atoms with Crippen LogP contribution >= 0.6 is 0 Å². The van der Waals surface area contributed by atoms with Crippen molar-refractivity contribution in [1.29, 1.82) is 0 Å². The number of halogens is 1. The summed E-state index contributed by atoms with van der Waals surface area (Å²) < 4.78 is 16.0. The quantitative estimate of drug-likeness (QED) is 0.358. The minimum absolute atomic E-state index is 0.0435. The van der Waals surface area contributed by atoms with Crippen molar-refractivity contribution in [3.8, 4) is 11.1 Å². The standard InChI is InChI=1S/C31H37FN4O3/c1-4-5-27(37)35-21-10-8-20(9-11-21)34-24-14-18(6-12-22(24)30(33)39)29-23-13-7-19(32)15-25(23)36-26(29)16-31(2,3)17-28(36)38/h6-7,12-15,20-21,34H,4-5,8-11,16-17H2,1-3H3,(H2,33,39)(H,35,37). The van der Waals surface area contributed by atoms with Gasteiger partial charge in [-0.05, 0) is 79.8 Å². The van der Waals surface area contributed by atoms with Gasteiger partial charge in [0, 0.05) is 47.3 Å². The number of anilines is 1. The molecule has 3 aromatic rings. The summed E-state index contributed by atoms with van der Waals surface area (Å²) in [7, 11) is 0. The molecule has 1 aromatic heterocycles. The minimum atomic E-state index is -0.522. The van der Waals surface area contributed by atoms with Gasteiger partial charge in [-0.25, -0.2) is 4.39 Å². The van der Waals surface area contributed by atoms with Gasteiger partial charge in [0.15, 0.2) is 0 Å². The summed E-state index contributed by atoms with van der Waals surface area (Å²) in [6, 6.07) is 10.4. The second kappa shape index (κ2) is 10.5. The fourth-order valence-corrected chi connectivity index (χ4v) is 6.26. The Morgan fingerprint density at radius 2 is 1.77 bits per heavy atom. The van der Waals surface area contributed by atoms with Crippen molar-refractivity contribution in [1.82, 2.24) is 9.88 Å². The molecule has 206 valence electrons. The molecule has 2 aromatic carbocycles. The van der Waals surface area contributed by atoms with E-state index < -0.39 is 5.91 Å². The Hall–Kier alpha value is -3.68. The maximum atomic E-state index is 14.3. The van der Waals surface area contributed by atoms with Crippen LogP contribution in [0, 0.1) is 11.2 Å². The molecule has 1 fully saturated rings. The van der Waals surface area contributed by atoms with Gasteiger partial charge in [0.05, 0.1) is 11.1 Å². The first kappa shape index (κ1) is 26.9. The third-order valence-corrected chi connectivity index (χ3v) is 8.06. The van der Waals surface area contributed by atoms with Gasteiger partial charge in [0.25, 0.3) is 5.91 Å². The predicted octanol–water partition coefficient (Wildman–Crippen LogP) is 5.80. The zero-order valence-electron chi connectivity index (χ0n) is 22.9. The molecule has 0 bridgehead atoms. The van der Waals surface area contributed by atoms with Gasteiger partial charge in [-0.15, -0.1) is 0 Å². The number of hydrogen-bond donors (Lipinski definition) is 3. The summed E-state index contributed by atoms with van der Waals surface area (Å²) in [4.78, 5) is 37.6. The fraction of sp³-hybridized carbons (Fsp3) is 0.452. The number of rotatable bonds is 7. The Balaban J connectivity index is 1.49. The summed E-state index contributed by atoms with van der Waals surface area (Å²) in [6.45, 7) is 6.13. The number of fused-ring (bicyclic) bond motifs is 3. The monoisotopic (exact) mass is 532 g/mol. The molecule has 1 saturated carbocycles. The number of aromatic nitrogens is 1. The fourth-order valence-electron chi connectivity index (χ4n) is 6.26. The number of nitrogens with two attached hydrogens (primary N) is 1. The van der Waals surface area contributed by atoms with Crippen molar-refractivity contribution in [2.75, 3.05) is 5.32 Å². The van der Waals surface area contributed by atoms with Crippen LogP contribution in [0.3, 0.4) is 0 Å². The van der Waals surface area contributed by atoms with Crippen LogP contribution < -0.4 is 16.4 Å². The molecule has 1 aliphatic carbocycles. The van der Waals surface area contributed by atoms with E-state index in [1.165, 1.54) is 12.1 Å². The lowest BCUT2D eigenvalue weighted by atomic mass is 9.80. The van der Waals surface area contributed by atoms with E-state index in [1.807, 2.05) is 19.1 Å². The van der Waals surface area contributed by atoms with Crippen LogP contribution in [0.4, 0.5) is 10.1 Å². The molecule has 1 aliphatic heterocycles. The van der Waals surface area contributed by atoms with Crippen LogP contribution in [-0.2, 0) is 11.2 Å². The maximum absolute atomic E-state index is 14.3. The molecule has 0 spiro atoms. The number of nitrogens with zero attached hydrogens (tertiary/aromatic N) is 1. The van der Waals surface area contributed by atoms with Crippen molar-refractivity contribution < 1.29 is 18.8 Å². The highest BCUT2D eigenvalue weighted by Crippen LogP contribution is 2.43. The third-order valence-electron chi connectivity index (χ3n) is 8.06. The maximum Gasteiger partial charge on any atom is 0.250 e. The summed E-state index contributed by atoms with van der Waals surface area (Å²) >= 11 is 0. The van der Waals surface area contributed by atoms with Crippen molar-refractivity contribution >= 4 is 34.3 Å². The summed E-state index contributed by atoms with van der Waals surface area (Å²) in [5.74, 6) is -0.855. The van der Waals surface area contributed by atoms with Crippen LogP contribution in [0.2, 0.25) is 0 Å². The van der Waals surface area contributed by atoms with Crippen molar-refractivity contribution in [2.24, 2.45) is 11.1 Å². The molecule has 5 rings (SSSR count). The number of amides is 2. The topological polar surface area (TPSA) is 106 Å². The number of carbonyl (C=O) groups excluding carboxylic acids is 3. The van der Waals surface area contributed by atoms with Gasteiger partial charge >= 0.3 is 0 Å². The predicted molar refractivity (Wildman–Crippen MR) is 151 cm³/mol. The summed E-state index contributed by atoms with van der Waals surface area (Å²) in [5, 5.41) is 7.48. The average Bonchev–Trinajstić information content (AvgIpc) is 3.17. The highest BCUT2D eigenvalue weighted by Gasteiger charge is 2.35. The van der Waals surface area contributed by atoms with Gasteiger partial charge in [0.1, 0.15) is 5.82 Å². The van der Waals surface area contributed by atoms with E-state index in [9.17, 15) is 18.8 Å². The Morgan fingerprint density at radius 1 is 1.05 bits per heavy atom. The van der Waals surface area contributed by atoms with Gasteiger partial charge in [-0.2, -0.15) is 0 Å². The van der Waals surface area contributed by atoms with E-state index in [0.29, 0.717) is 36.0 Å². The normalized spacial score (nSPS) is 20.5. The molecule has 8 heteroatoms.